The number of imide groups is 2. The minimum atomic E-state index is -1.21. The molecule has 358 valence electrons. The van der Waals surface area contributed by atoms with Crippen molar-refractivity contribution in [2.75, 3.05) is 38.0 Å². The summed E-state index contributed by atoms with van der Waals surface area (Å²) in [7, 11) is 0. The molecular weight excluding hydrogens is 853 g/mol. The molecule has 2 saturated heterocycles. The summed E-state index contributed by atoms with van der Waals surface area (Å²) >= 11 is 0. The van der Waals surface area contributed by atoms with Gasteiger partial charge in [-0.2, -0.15) is 0 Å². The van der Waals surface area contributed by atoms with Crippen molar-refractivity contribution in [3.05, 3.63) is 65.7 Å². The third kappa shape index (κ3) is 15.5. The molecule has 0 aliphatic carbocycles. The molecule has 2 aliphatic rings. The first-order valence-corrected chi connectivity index (χ1v) is 22.3. The number of hydrogen-bond donors (Lipinski definition) is 5. The number of rotatable bonds is 23. The van der Waals surface area contributed by atoms with Crippen LogP contribution in [0.3, 0.4) is 0 Å². The lowest BCUT2D eigenvalue weighted by atomic mass is 9.80. The zero-order valence-electron chi connectivity index (χ0n) is 38.7. The molecule has 2 aliphatic heterocycles. The molecule has 4 rings (SSSR count). The van der Waals surface area contributed by atoms with Crippen molar-refractivity contribution in [2.24, 2.45) is 28.9 Å². The van der Waals surface area contributed by atoms with Crippen LogP contribution >= 0.6 is 0 Å². The van der Waals surface area contributed by atoms with Crippen LogP contribution in [-0.4, -0.2) is 119 Å². The molecule has 2 heterocycles. The molecule has 0 aromatic heterocycles. The van der Waals surface area contributed by atoms with Gasteiger partial charge in [0.25, 0.3) is 0 Å². The Morgan fingerprint density at radius 1 is 0.788 bits per heavy atom. The summed E-state index contributed by atoms with van der Waals surface area (Å²) < 4.78 is 5.01. The maximum Gasteiger partial charge on any atom is 0.312 e. The molecule has 2 aromatic rings. The minimum Gasteiger partial charge on any atom is -0.461 e. The Balaban J connectivity index is 1.48. The quantitative estimate of drug-likeness (QED) is 0.0614. The van der Waals surface area contributed by atoms with Gasteiger partial charge >= 0.3 is 12.0 Å². The van der Waals surface area contributed by atoms with E-state index in [1.54, 1.807) is 54.6 Å². The number of primary amides is 1. The first kappa shape index (κ1) is 52.0. The second kappa shape index (κ2) is 24.0. The van der Waals surface area contributed by atoms with E-state index in [1.165, 1.54) is 11.8 Å². The van der Waals surface area contributed by atoms with E-state index < -0.39 is 65.0 Å². The SMILES string of the molecule is CC(=O)OCc1ccc(NC(=O)[C@H](CCCNC(N)=O)NC(=O)[C@@H](Cc2ccccc2)NC(=O)CCC(=O)N(CCN2C(=O)CC(C(C)C)C2=O)CCN2C(=O)CC(C(C)(C)C)C2=O)cc1. The normalized spacial score (nSPS) is 17.1. The summed E-state index contributed by atoms with van der Waals surface area (Å²) in [4.78, 5) is 134. The summed E-state index contributed by atoms with van der Waals surface area (Å²) in [5, 5.41) is 10.7. The number of urea groups is 1. The Kier molecular flexibility index (Phi) is 18.9. The molecule has 66 heavy (non-hydrogen) atoms. The third-order valence-electron chi connectivity index (χ3n) is 11.7. The molecule has 0 radical (unpaired) electrons. The highest BCUT2D eigenvalue weighted by Crippen LogP contribution is 2.35. The average molecular weight is 917 g/mol. The van der Waals surface area contributed by atoms with E-state index in [-0.39, 0.29) is 114 Å². The van der Waals surface area contributed by atoms with Crippen LogP contribution in [-0.2, 0) is 60.9 Å². The van der Waals surface area contributed by atoms with Crippen LogP contribution in [0.4, 0.5) is 10.5 Å². The second-order valence-corrected chi connectivity index (χ2v) is 18.1. The number of likely N-dealkylation sites (tertiary alicyclic amines) is 2. The van der Waals surface area contributed by atoms with Crippen LogP contribution in [0.1, 0.15) is 91.2 Å². The number of carbonyl (C=O) groups is 10. The molecule has 2 unspecified atom stereocenters. The van der Waals surface area contributed by atoms with E-state index in [2.05, 4.69) is 21.3 Å². The zero-order chi connectivity index (χ0) is 48.7. The summed E-state index contributed by atoms with van der Waals surface area (Å²) in [6, 6.07) is 12.2. The summed E-state index contributed by atoms with van der Waals surface area (Å²) in [6.07, 6.45) is -0.320. The van der Waals surface area contributed by atoms with Crippen molar-refractivity contribution in [1.82, 2.24) is 30.7 Å². The van der Waals surface area contributed by atoms with E-state index in [9.17, 15) is 47.9 Å². The molecule has 4 atom stereocenters. The molecule has 6 N–H and O–H groups in total. The van der Waals surface area contributed by atoms with Gasteiger partial charge in [-0.1, -0.05) is 77.1 Å². The van der Waals surface area contributed by atoms with Crippen LogP contribution in [0.5, 0.6) is 0 Å². The Morgan fingerprint density at radius 3 is 1.97 bits per heavy atom. The van der Waals surface area contributed by atoms with Crippen LogP contribution in [0, 0.1) is 23.2 Å². The lowest BCUT2D eigenvalue weighted by molar-refractivity contribution is -0.143. The van der Waals surface area contributed by atoms with Gasteiger partial charge in [0, 0.05) is 83.4 Å². The van der Waals surface area contributed by atoms with E-state index >= 15 is 0 Å². The molecule has 19 heteroatoms. The van der Waals surface area contributed by atoms with Crippen molar-refractivity contribution in [1.29, 1.82) is 0 Å². The second-order valence-electron chi connectivity index (χ2n) is 18.1. The number of nitrogens with zero attached hydrogens (tertiary/aromatic N) is 3. The minimum absolute atomic E-state index is 0.0164. The molecule has 0 spiro atoms. The highest BCUT2D eigenvalue weighted by atomic mass is 16.5. The molecule has 19 nitrogen and oxygen atoms in total. The average Bonchev–Trinajstić information content (AvgIpc) is 3.72. The van der Waals surface area contributed by atoms with Crippen LogP contribution in [0.25, 0.3) is 0 Å². The van der Waals surface area contributed by atoms with Gasteiger partial charge in [-0.3, -0.25) is 53.0 Å². The van der Waals surface area contributed by atoms with Gasteiger partial charge in [0.1, 0.15) is 18.7 Å². The standard InChI is InChI=1S/C47H64N8O11/c1-29(2)34-26-40(59)54(44(34)63)23-21-53(22-24-55-41(60)27-35(45(55)64)47(4,5)6)39(58)19-18-38(57)51-37(25-31-11-8-7-9-12-31)43(62)52-36(13-10-20-49-46(48)65)42(61)50-33-16-14-32(15-17-33)28-66-30(3)56/h7-9,11-12,14-17,29,34-37H,10,13,18-28H2,1-6H3,(H,50,61)(H,51,57)(H,52,62)(H3,48,49,65)/t34?,35?,36-,37+/m0/s1. The van der Waals surface area contributed by atoms with Gasteiger partial charge < -0.3 is 36.6 Å². The number of carbonyl (C=O) groups excluding carboxylic acids is 10. The first-order chi connectivity index (χ1) is 31.1. The van der Waals surface area contributed by atoms with Gasteiger partial charge in [0.2, 0.25) is 47.3 Å². The van der Waals surface area contributed by atoms with E-state index in [1.807, 2.05) is 34.6 Å². The fraction of sp³-hybridized carbons (Fsp3) is 0.532. The Hall–Kier alpha value is -6.66. The lowest BCUT2D eigenvalue weighted by Crippen LogP contribution is -2.53. The van der Waals surface area contributed by atoms with E-state index in [0.717, 1.165) is 9.80 Å². The highest BCUT2D eigenvalue weighted by molar-refractivity contribution is 6.04. The molecule has 10 amide bonds. The fourth-order valence-electron chi connectivity index (χ4n) is 7.72. The van der Waals surface area contributed by atoms with Crippen molar-refractivity contribution < 1.29 is 52.7 Å². The van der Waals surface area contributed by atoms with Gasteiger partial charge in [-0.25, -0.2) is 4.79 Å². The van der Waals surface area contributed by atoms with Crippen molar-refractivity contribution in [3.63, 3.8) is 0 Å². The number of benzene rings is 2. The molecule has 0 saturated carbocycles. The largest absolute Gasteiger partial charge is 0.461 e. The van der Waals surface area contributed by atoms with Gasteiger partial charge in [0.05, 0.1) is 5.92 Å². The van der Waals surface area contributed by atoms with E-state index in [4.69, 9.17) is 10.5 Å². The Bertz CT molecular complexity index is 2100. The number of anilines is 1. The molecule has 2 fully saturated rings. The highest BCUT2D eigenvalue weighted by Gasteiger charge is 2.45. The van der Waals surface area contributed by atoms with Crippen LogP contribution < -0.4 is 27.0 Å². The Labute approximate surface area is 385 Å². The van der Waals surface area contributed by atoms with Crippen LogP contribution in [0.2, 0.25) is 0 Å². The Morgan fingerprint density at radius 2 is 1.41 bits per heavy atom. The summed E-state index contributed by atoms with van der Waals surface area (Å²) in [5.74, 6) is -5.44. The predicted octanol–water partition coefficient (Wildman–Crippen LogP) is 2.41. The summed E-state index contributed by atoms with van der Waals surface area (Å²) in [5.41, 5.74) is 6.49. The topological polar surface area (TPSA) is 264 Å². The predicted molar refractivity (Wildman–Crippen MR) is 241 cm³/mol. The number of amides is 10. The van der Waals surface area contributed by atoms with Crippen LogP contribution in [0.15, 0.2) is 54.6 Å². The summed E-state index contributed by atoms with van der Waals surface area (Å²) in [6.45, 7) is 10.3. The lowest BCUT2D eigenvalue weighted by Gasteiger charge is -2.28. The van der Waals surface area contributed by atoms with Gasteiger partial charge in [-0.15, -0.1) is 0 Å². The van der Waals surface area contributed by atoms with Crippen molar-refractivity contribution in [3.8, 4) is 0 Å². The number of nitrogens with two attached hydrogens (primary N) is 1. The zero-order valence-corrected chi connectivity index (χ0v) is 38.7. The maximum absolute atomic E-state index is 14.1. The third-order valence-corrected chi connectivity index (χ3v) is 11.7. The molecule has 2 aromatic carbocycles. The van der Waals surface area contributed by atoms with Gasteiger partial charge in [-0.05, 0) is 47.4 Å². The monoisotopic (exact) mass is 916 g/mol. The van der Waals surface area contributed by atoms with Crippen molar-refractivity contribution >= 4 is 64.9 Å². The fourth-order valence-corrected chi connectivity index (χ4v) is 7.72. The number of nitrogens with one attached hydrogen (secondary N) is 4. The van der Waals surface area contributed by atoms with Gasteiger partial charge in [0.15, 0.2) is 0 Å². The maximum atomic E-state index is 14.1. The van der Waals surface area contributed by atoms with E-state index in [0.29, 0.717) is 16.8 Å². The number of ether oxygens (including phenoxy) is 1. The molecule has 0 bridgehead atoms. The van der Waals surface area contributed by atoms with Crippen molar-refractivity contribution in [2.45, 2.75) is 105 Å². The first-order valence-electron chi connectivity index (χ1n) is 22.3. The smallest absolute Gasteiger partial charge is 0.312 e. The molecular formula is C47H64N8O11. The number of hydrogen-bond acceptors (Lipinski definition) is 11. The number of esters is 1.